The molecule has 0 aliphatic carbocycles. The summed E-state index contributed by atoms with van der Waals surface area (Å²) in [6.45, 7) is 9.59. The highest BCUT2D eigenvalue weighted by molar-refractivity contribution is 5.86. The first kappa shape index (κ1) is 18.6. The standard InChI is InChI=1S/C21H24O4/c1-15(2)20(23)25-13-12-24-19-14-17(10-11-18(19)22)21(3,4)16-8-6-5-7-9-16/h5-11,14,22H,1,12-13H2,2-4H3. The van der Waals surface area contributed by atoms with Crippen LogP contribution in [0.4, 0.5) is 0 Å². The summed E-state index contributed by atoms with van der Waals surface area (Å²) in [4.78, 5) is 11.3. The van der Waals surface area contributed by atoms with E-state index in [0.717, 1.165) is 5.56 Å². The lowest BCUT2D eigenvalue weighted by Crippen LogP contribution is -2.19. The third-order valence-corrected chi connectivity index (χ3v) is 4.10. The van der Waals surface area contributed by atoms with Crippen LogP contribution < -0.4 is 4.74 Å². The fourth-order valence-electron chi connectivity index (χ4n) is 2.45. The Morgan fingerprint density at radius 3 is 2.40 bits per heavy atom. The van der Waals surface area contributed by atoms with Crippen LogP contribution in [0.25, 0.3) is 0 Å². The monoisotopic (exact) mass is 340 g/mol. The van der Waals surface area contributed by atoms with Gasteiger partial charge in [0.15, 0.2) is 11.5 Å². The van der Waals surface area contributed by atoms with E-state index < -0.39 is 5.97 Å². The van der Waals surface area contributed by atoms with Crippen LogP contribution in [0.1, 0.15) is 31.9 Å². The van der Waals surface area contributed by atoms with Crippen molar-refractivity contribution in [1.29, 1.82) is 0 Å². The van der Waals surface area contributed by atoms with Gasteiger partial charge in [0.2, 0.25) is 0 Å². The number of ether oxygens (including phenoxy) is 2. The van der Waals surface area contributed by atoms with Gasteiger partial charge in [0.05, 0.1) is 0 Å². The summed E-state index contributed by atoms with van der Waals surface area (Å²) in [5.74, 6) is -0.0292. The molecule has 0 aliphatic rings. The maximum absolute atomic E-state index is 11.3. The second kappa shape index (κ2) is 7.88. The largest absolute Gasteiger partial charge is 0.504 e. The van der Waals surface area contributed by atoms with Crippen molar-refractivity contribution in [2.45, 2.75) is 26.2 Å². The quantitative estimate of drug-likeness (QED) is 0.466. The molecule has 0 aromatic heterocycles. The molecular weight excluding hydrogens is 316 g/mol. The second-order valence-corrected chi connectivity index (χ2v) is 6.44. The minimum absolute atomic E-state index is 0.0545. The molecule has 2 aromatic rings. The summed E-state index contributed by atoms with van der Waals surface area (Å²) in [5.41, 5.74) is 2.29. The Kier molecular flexibility index (Phi) is 5.86. The first-order valence-electron chi connectivity index (χ1n) is 8.17. The molecule has 0 atom stereocenters. The lowest BCUT2D eigenvalue weighted by Gasteiger charge is -2.26. The van der Waals surface area contributed by atoms with Crippen molar-refractivity contribution in [2.75, 3.05) is 13.2 Å². The Morgan fingerprint density at radius 2 is 1.76 bits per heavy atom. The van der Waals surface area contributed by atoms with Crippen LogP contribution in [-0.2, 0) is 14.9 Å². The number of hydrogen-bond acceptors (Lipinski definition) is 4. The van der Waals surface area contributed by atoms with E-state index in [1.165, 1.54) is 5.56 Å². The van der Waals surface area contributed by atoms with Gasteiger partial charge in [0.1, 0.15) is 13.2 Å². The first-order valence-corrected chi connectivity index (χ1v) is 8.17. The number of phenolic OH excluding ortho intramolecular Hbond substituents is 1. The molecule has 0 heterocycles. The smallest absolute Gasteiger partial charge is 0.333 e. The number of carbonyl (C=O) groups excluding carboxylic acids is 1. The number of aromatic hydroxyl groups is 1. The molecule has 0 amide bonds. The highest BCUT2D eigenvalue weighted by Crippen LogP contribution is 2.36. The molecule has 4 heteroatoms. The van der Waals surface area contributed by atoms with Crippen LogP contribution in [0.3, 0.4) is 0 Å². The zero-order valence-electron chi connectivity index (χ0n) is 14.9. The molecule has 1 N–H and O–H groups in total. The van der Waals surface area contributed by atoms with Crippen molar-refractivity contribution in [2.24, 2.45) is 0 Å². The summed E-state index contributed by atoms with van der Waals surface area (Å²) in [7, 11) is 0. The number of carbonyl (C=O) groups is 1. The molecular formula is C21H24O4. The Morgan fingerprint density at radius 1 is 1.08 bits per heavy atom. The van der Waals surface area contributed by atoms with Crippen LogP contribution in [0, 0.1) is 0 Å². The fourth-order valence-corrected chi connectivity index (χ4v) is 2.45. The van der Waals surface area contributed by atoms with E-state index in [2.05, 4.69) is 32.6 Å². The van der Waals surface area contributed by atoms with Gasteiger partial charge in [-0.1, -0.05) is 56.8 Å². The van der Waals surface area contributed by atoms with Gasteiger partial charge in [-0.3, -0.25) is 0 Å². The number of esters is 1. The van der Waals surface area contributed by atoms with E-state index in [9.17, 15) is 9.90 Å². The Balaban J connectivity index is 2.10. The maximum atomic E-state index is 11.3. The van der Waals surface area contributed by atoms with E-state index in [1.54, 1.807) is 13.0 Å². The van der Waals surface area contributed by atoms with Gasteiger partial charge >= 0.3 is 5.97 Å². The highest BCUT2D eigenvalue weighted by atomic mass is 16.6. The molecule has 2 rings (SSSR count). The van der Waals surface area contributed by atoms with E-state index in [-0.39, 0.29) is 24.4 Å². The van der Waals surface area contributed by atoms with Crippen LogP contribution in [0.2, 0.25) is 0 Å². The molecule has 0 saturated carbocycles. The van der Waals surface area contributed by atoms with Crippen molar-refractivity contribution >= 4 is 5.97 Å². The lowest BCUT2D eigenvalue weighted by molar-refractivity contribution is -0.139. The van der Waals surface area contributed by atoms with E-state index >= 15 is 0 Å². The second-order valence-electron chi connectivity index (χ2n) is 6.44. The molecule has 0 unspecified atom stereocenters. The van der Waals surface area contributed by atoms with Gasteiger partial charge in [-0.2, -0.15) is 0 Å². The van der Waals surface area contributed by atoms with Gasteiger partial charge in [0.25, 0.3) is 0 Å². The summed E-state index contributed by atoms with van der Waals surface area (Å²) in [6, 6.07) is 15.5. The fraction of sp³-hybridized carbons (Fsp3) is 0.286. The van der Waals surface area contributed by atoms with Gasteiger partial charge in [-0.05, 0) is 30.2 Å². The predicted octanol–water partition coefficient (Wildman–Crippen LogP) is 4.22. The number of rotatable bonds is 7. The normalized spacial score (nSPS) is 11.0. The van der Waals surface area contributed by atoms with E-state index in [1.807, 2.05) is 30.3 Å². The maximum Gasteiger partial charge on any atom is 0.333 e. The van der Waals surface area contributed by atoms with Crippen LogP contribution in [0.15, 0.2) is 60.7 Å². The number of hydrogen-bond donors (Lipinski definition) is 1. The van der Waals surface area contributed by atoms with Crippen molar-refractivity contribution in [1.82, 2.24) is 0 Å². The molecule has 0 aliphatic heterocycles. The zero-order valence-corrected chi connectivity index (χ0v) is 14.9. The summed E-state index contributed by atoms with van der Waals surface area (Å²) in [5, 5.41) is 10.0. The average Bonchev–Trinajstić information content (AvgIpc) is 2.60. The van der Waals surface area contributed by atoms with Gasteiger partial charge in [-0.15, -0.1) is 0 Å². The third kappa shape index (κ3) is 4.63. The summed E-state index contributed by atoms with van der Waals surface area (Å²) >= 11 is 0. The van der Waals surface area contributed by atoms with Crippen molar-refractivity contribution in [3.63, 3.8) is 0 Å². The average molecular weight is 340 g/mol. The first-order chi connectivity index (χ1) is 11.8. The molecule has 2 aromatic carbocycles. The molecule has 0 fully saturated rings. The zero-order chi connectivity index (χ0) is 18.4. The van der Waals surface area contributed by atoms with Gasteiger partial charge in [0, 0.05) is 11.0 Å². The molecule has 0 radical (unpaired) electrons. The SMILES string of the molecule is C=C(C)C(=O)OCCOc1cc(C(C)(C)c2ccccc2)ccc1O. The Labute approximate surface area is 148 Å². The van der Waals surface area contributed by atoms with Crippen LogP contribution in [-0.4, -0.2) is 24.3 Å². The van der Waals surface area contributed by atoms with Crippen molar-refractivity contribution < 1.29 is 19.4 Å². The van der Waals surface area contributed by atoms with Crippen LogP contribution in [0.5, 0.6) is 11.5 Å². The molecule has 0 saturated heterocycles. The van der Waals surface area contributed by atoms with Crippen molar-refractivity contribution in [3.05, 3.63) is 71.8 Å². The van der Waals surface area contributed by atoms with Gasteiger partial charge < -0.3 is 14.6 Å². The van der Waals surface area contributed by atoms with Crippen LogP contribution >= 0.6 is 0 Å². The topological polar surface area (TPSA) is 55.8 Å². The number of phenols is 1. The molecule has 0 bridgehead atoms. The lowest BCUT2D eigenvalue weighted by atomic mass is 9.78. The van der Waals surface area contributed by atoms with E-state index in [4.69, 9.17) is 9.47 Å². The number of benzene rings is 2. The van der Waals surface area contributed by atoms with Crippen molar-refractivity contribution in [3.8, 4) is 11.5 Å². The minimum atomic E-state index is -0.452. The highest BCUT2D eigenvalue weighted by Gasteiger charge is 2.24. The van der Waals surface area contributed by atoms with Gasteiger partial charge in [-0.25, -0.2) is 4.79 Å². The molecule has 25 heavy (non-hydrogen) atoms. The third-order valence-electron chi connectivity index (χ3n) is 4.10. The summed E-state index contributed by atoms with van der Waals surface area (Å²) in [6.07, 6.45) is 0. The molecule has 0 spiro atoms. The Bertz CT molecular complexity index is 748. The summed E-state index contributed by atoms with van der Waals surface area (Å²) < 4.78 is 10.6. The predicted molar refractivity (Wildman–Crippen MR) is 97.9 cm³/mol. The Hall–Kier alpha value is -2.75. The minimum Gasteiger partial charge on any atom is -0.504 e. The molecule has 4 nitrogen and oxygen atoms in total. The van der Waals surface area contributed by atoms with E-state index in [0.29, 0.717) is 11.3 Å². The molecule has 132 valence electrons.